The fraction of sp³-hybridized carbons (Fsp3) is 1.00. The van der Waals surface area contributed by atoms with Crippen molar-refractivity contribution in [3.63, 3.8) is 0 Å². The van der Waals surface area contributed by atoms with Gasteiger partial charge in [0.2, 0.25) is 0 Å². The summed E-state index contributed by atoms with van der Waals surface area (Å²) in [5, 5.41) is 0. The zero-order chi connectivity index (χ0) is 7.82. The molecule has 10 heavy (non-hydrogen) atoms. The van der Waals surface area contributed by atoms with Crippen LogP contribution in [0.15, 0.2) is 0 Å². The van der Waals surface area contributed by atoms with Crippen LogP contribution in [0.4, 0.5) is 0 Å². The molecule has 0 amide bonds. The molecule has 3 heteroatoms. The van der Waals surface area contributed by atoms with E-state index in [1.54, 1.807) is 7.11 Å². The summed E-state index contributed by atoms with van der Waals surface area (Å²) in [6.07, 6.45) is 1.05. The Hall–Kier alpha value is -0.120. The van der Waals surface area contributed by atoms with Crippen LogP contribution in [0.3, 0.4) is 0 Å². The summed E-state index contributed by atoms with van der Waals surface area (Å²) in [6.45, 7) is 3.45. The Labute approximate surface area is 62.2 Å². The van der Waals surface area contributed by atoms with Crippen LogP contribution >= 0.6 is 0 Å². The highest BCUT2D eigenvalue weighted by molar-refractivity contribution is 4.51. The molecule has 0 heterocycles. The van der Waals surface area contributed by atoms with E-state index in [1.165, 1.54) is 7.11 Å². The molecule has 0 bridgehead atoms. The van der Waals surface area contributed by atoms with Gasteiger partial charge in [-0.25, -0.2) is 9.78 Å². The Morgan fingerprint density at radius 3 is 2.30 bits per heavy atom. The van der Waals surface area contributed by atoms with E-state index < -0.39 is 0 Å². The predicted octanol–water partition coefficient (Wildman–Crippen LogP) is 1.24. The Morgan fingerprint density at radius 2 is 1.90 bits per heavy atom. The fourth-order valence-electron chi connectivity index (χ4n) is 0.684. The van der Waals surface area contributed by atoms with Crippen LogP contribution in [0, 0.1) is 5.92 Å². The van der Waals surface area contributed by atoms with Gasteiger partial charge in [-0.1, -0.05) is 6.92 Å². The molecule has 62 valence electrons. The van der Waals surface area contributed by atoms with Gasteiger partial charge in [-0.2, -0.15) is 0 Å². The van der Waals surface area contributed by atoms with Crippen LogP contribution in [0.1, 0.15) is 13.3 Å². The second kappa shape index (κ2) is 6.99. The van der Waals surface area contributed by atoms with Gasteiger partial charge in [-0.3, -0.25) is 0 Å². The maximum absolute atomic E-state index is 4.96. The zero-order valence-corrected chi connectivity index (χ0v) is 6.92. The molecule has 0 aromatic rings. The molecule has 0 fully saturated rings. The van der Waals surface area contributed by atoms with Gasteiger partial charge in [0.15, 0.2) is 0 Å². The topological polar surface area (TPSA) is 27.7 Å². The van der Waals surface area contributed by atoms with Gasteiger partial charge in [-0.15, -0.1) is 0 Å². The molecular weight excluding hydrogens is 132 g/mol. The van der Waals surface area contributed by atoms with Crippen molar-refractivity contribution >= 4 is 0 Å². The summed E-state index contributed by atoms with van der Waals surface area (Å²) >= 11 is 0. The lowest BCUT2D eigenvalue weighted by Crippen LogP contribution is -2.13. The highest BCUT2D eigenvalue weighted by atomic mass is 17.2. The molecule has 0 spiro atoms. The van der Waals surface area contributed by atoms with E-state index >= 15 is 0 Å². The van der Waals surface area contributed by atoms with Gasteiger partial charge in [0.1, 0.15) is 0 Å². The smallest absolute Gasteiger partial charge is 0.0872 e. The van der Waals surface area contributed by atoms with Gasteiger partial charge in [-0.05, 0) is 6.42 Å². The standard InChI is InChI=1S/C7H16O3/c1-4-7(5-8-2)6-10-9-3/h7H,4-6H2,1-3H3. The average Bonchev–Trinajstić information content (AvgIpc) is 1.98. The minimum Gasteiger partial charge on any atom is -0.384 e. The molecule has 0 aromatic heterocycles. The summed E-state index contributed by atoms with van der Waals surface area (Å²) < 4.78 is 4.96. The Morgan fingerprint density at radius 1 is 1.20 bits per heavy atom. The van der Waals surface area contributed by atoms with E-state index in [1.807, 2.05) is 0 Å². The van der Waals surface area contributed by atoms with Crippen molar-refractivity contribution in [1.82, 2.24) is 0 Å². The van der Waals surface area contributed by atoms with Gasteiger partial charge in [0, 0.05) is 13.0 Å². The summed E-state index contributed by atoms with van der Waals surface area (Å²) in [6, 6.07) is 0. The normalized spacial score (nSPS) is 13.5. The number of methoxy groups -OCH3 is 1. The van der Waals surface area contributed by atoms with Crippen LogP contribution in [0.2, 0.25) is 0 Å². The lowest BCUT2D eigenvalue weighted by Gasteiger charge is -2.11. The predicted molar refractivity (Wildman–Crippen MR) is 38.6 cm³/mol. The lowest BCUT2D eigenvalue weighted by molar-refractivity contribution is -0.281. The number of hydrogen-bond donors (Lipinski definition) is 0. The Balaban J connectivity index is 3.21. The second-order valence-corrected chi connectivity index (χ2v) is 2.18. The van der Waals surface area contributed by atoms with Gasteiger partial charge in [0.05, 0.1) is 20.3 Å². The zero-order valence-electron chi connectivity index (χ0n) is 6.92. The van der Waals surface area contributed by atoms with E-state index in [2.05, 4.69) is 11.8 Å². The van der Waals surface area contributed by atoms with Crippen LogP contribution in [-0.4, -0.2) is 27.4 Å². The van der Waals surface area contributed by atoms with E-state index in [0.29, 0.717) is 12.5 Å². The molecule has 0 saturated carbocycles. The Bertz CT molecular complexity index is 65.9. The Kier molecular flexibility index (Phi) is 6.91. The van der Waals surface area contributed by atoms with Crippen molar-refractivity contribution in [2.45, 2.75) is 13.3 Å². The summed E-state index contributed by atoms with van der Waals surface area (Å²) in [5.41, 5.74) is 0. The van der Waals surface area contributed by atoms with E-state index in [4.69, 9.17) is 9.62 Å². The first-order valence-electron chi connectivity index (χ1n) is 3.49. The van der Waals surface area contributed by atoms with Crippen molar-refractivity contribution < 1.29 is 14.5 Å². The monoisotopic (exact) mass is 148 g/mol. The van der Waals surface area contributed by atoms with E-state index in [-0.39, 0.29) is 0 Å². The minimum absolute atomic E-state index is 0.449. The molecule has 0 radical (unpaired) electrons. The fourth-order valence-corrected chi connectivity index (χ4v) is 0.684. The van der Waals surface area contributed by atoms with Crippen molar-refractivity contribution in [2.24, 2.45) is 5.92 Å². The molecule has 0 aliphatic heterocycles. The molecular formula is C7H16O3. The third-order valence-corrected chi connectivity index (χ3v) is 1.40. The van der Waals surface area contributed by atoms with Crippen LogP contribution in [0.5, 0.6) is 0 Å². The highest BCUT2D eigenvalue weighted by Crippen LogP contribution is 2.02. The molecule has 0 rings (SSSR count). The SMILES string of the molecule is CCC(COC)COOC. The summed E-state index contributed by atoms with van der Waals surface area (Å²) in [4.78, 5) is 9.22. The number of rotatable bonds is 6. The van der Waals surface area contributed by atoms with E-state index in [9.17, 15) is 0 Å². The van der Waals surface area contributed by atoms with Crippen molar-refractivity contribution in [2.75, 3.05) is 27.4 Å². The lowest BCUT2D eigenvalue weighted by atomic mass is 10.1. The number of ether oxygens (including phenoxy) is 1. The molecule has 0 N–H and O–H groups in total. The molecule has 0 aliphatic rings. The number of hydrogen-bond acceptors (Lipinski definition) is 3. The van der Waals surface area contributed by atoms with Crippen LogP contribution in [0.25, 0.3) is 0 Å². The third-order valence-electron chi connectivity index (χ3n) is 1.40. The van der Waals surface area contributed by atoms with Gasteiger partial charge < -0.3 is 4.74 Å². The van der Waals surface area contributed by atoms with Gasteiger partial charge in [0.25, 0.3) is 0 Å². The quantitative estimate of drug-likeness (QED) is 0.419. The first-order chi connectivity index (χ1) is 4.85. The molecule has 0 aromatic carbocycles. The first kappa shape index (κ1) is 9.88. The largest absolute Gasteiger partial charge is 0.384 e. The summed E-state index contributed by atoms with van der Waals surface area (Å²) in [5.74, 6) is 0.449. The van der Waals surface area contributed by atoms with Crippen molar-refractivity contribution in [3.8, 4) is 0 Å². The second-order valence-electron chi connectivity index (χ2n) is 2.18. The van der Waals surface area contributed by atoms with Gasteiger partial charge >= 0.3 is 0 Å². The van der Waals surface area contributed by atoms with E-state index in [0.717, 1.165) is 13.0 Å². The summed E-state index contributed by atoms with van der Waals surface area (Å²) in [7, 11) is 3.20. The minimum atomic E-state index is 0.449. The van der Waals surface area contributed by atoms with Crippen molar-refractivity contribution in [3.05, 3.63) is 0 Å². The highest BCUT2D eigenvalue weighted by Gasteiger charge is 2.04. The average molecular weight is 148 g/mol. The van der Waals surface area contributed by atoms with Crippen molar-refractivity contribution in [1.29, 1.82) is 0 Å². The molecule has 1 atom stereocenters. The van der Waals surface area contributed by atoms with Crippen LogP contribution in [-0.2, 0) is 14.5 Å². The molecule has 3 nitrogen and oxygen atoms in total. The molecule has 1 unspecified atom stereocenters. The van der Waals surface area contributed by atoms with Crippen LogP contribution < -0.4 is 0 Å². The maximum Gasteiger partial charge on any atom is 0.0872 e. The maximum atomic E-state index is 4.96. The first-order valence-corrected chi connectivity index (χ1v) is 3.49. The molecule has 0 saturated heterocycles. The third kappa shape index (κ3) is 4.73. The molecule has 0 aliphatic carbocycles.